The highest BCUT2D eigenvalue weighted by Crippen LogP contribution is 2.44. The third-order valence-corrected chi connectivity index (χ3v) is 7.32. The second-order valence-electron chi connectivity index (χ2n) is 9.89. The van der Waals surface area contributed by atoms with Crippen molar-refractivity contribution in [3.63, 3.8) is 0 Å². The number of rotatable bonds is 4. The lowest BCUT2D eigenvalue weighted by Crippen LogP contribution is -2.51. The van der Waals surface area contributed by atoms with Gasteiger partial charge in [-0.25, -0.2) is 9.97 Å². The van der Waals surface area contributed by atoms with Gasteiger partial charge < -0.3 is 10.8 Å². The minimum Gasteiger partial charge on any atom is -0.393 e. The number of pyridine rings is 1. The molecule has 7 rings (SSSR count). The van der Waals surface area contributed by atoms with Gasteiger partial charge >= 0.3 is 0 Å². The number of nitrogens with two attached hydrogens (primary N) is 1. The lowest BCUT2D eigenvalue weighted by atomic mass is 9.70. The van der Waals surface area contributed by atoms with E-state index in [4.69, 9.17) is 20.8 Å². The molecule has 0 aliphatic heterocycles. The number of nitrogens with one attached hydrogen (secondary N) is 1. The van der Waals surface area contributed by atoms with E-state index in [0.29, 0.717) is 12.8 Å². The van der Waals surface area contributed by atoms with Crippen molar-refractivity contribution in [2.24, 2.45) is 5.73 Å². The first kappa shape index (κ1) is 21.8. The van der Waals surface area contributed by atoms with Gasteiger partial charge in [0.1, 0.15) is 0 Å². The van der Waals surface area contributed by atoms with Gasteiger partial charge in [0.25, 0.3) is 0 Å². The molecule has 1 fully saturated rings. The number of fused-ring (bicyclic) bond motifs is 3. The summed E-state index contributed by atoms with van der Waals surface area (Å²) in [6, 6.07) is 22.4. The van der Waals surface area contributed by atoms with Crippen LogP contribution in [0.25, 0.3) is 50.3 Å². The molecule has 0 saturated heterocycles. The van der Waals surface area contributed by atoms with Crippen LogP contribution in [0.1, 0.15) is 24.1 Å². The standard InChI is InChI=1S/C29H25N7O/c1-17-13-24-31-16-22-26(23-11-12-32-34-23)25(18-5-3-2-4-6-18)27(33-28(22)36(24)35-17)19-7-9-20(10-8-19)29(30)14-21(37)15-29/h2-13,16,21,37H,14-15,30H2,1H3,(H,32,34). The van der Waals surface area contributed by atoms with Crippen LogP contribution in [-0.4, -0.2) is 41.0 Å². The molecular weight excluding hydrogens is 462 g/mol. The van der Waals surface area contributed by atoms with Gasteiger partial charge in [-0.2, -0.15) is 14.7 Å². The number of aliphatic hydroxyl groups is 1. The fourth-order valence-corrected chi connectivity index (χ4v) is 5.48. The van der Waals surface area contributed by atoms with E-state index >= 15 is 0 Å². The summed E-state index contributed by atoms with van der Waals surface area (Å²) < 4.78 is 1.81. The van der Waals surface area contributed by atoms with Gasteiger partial charge in [0.2, 0.25) is 0 Å². The molecule has 1 aliphatic carbocycles. The first-order valence-electron chi connectivity index (χ1n) is 12.3. The average Bonchev–Trinajstić information content (AvgIpc) is 3.57. The quantitative estimate of drug-likeness (QED) is 0.334. The molecule has 1 aliphatic rings. The van der Waals surface area contributed by atoms with Crippen LogP contribution in [0, 0.1) is 6.92 Å². The number of aromatic nitrogens is 6. The summed E-state index contributed by atoms with van der Waals surface area (Å²) in [5.74, 6) is 0. The predicted molar refractivity (Wildman–Crippen MR) is 143 cm³/mol. The number of aliphatic hydroxyl groups excluding tert-OH is 1. The van der Waals surface area contributed by atoms with Crippen molar-refractivity contribution in [2.75, 3.05) is 0 Å². The Balaban J connectivity index is 1.55. The SMILES string of the molecule is Cc1cc2ncc3c(-c4ccn[nH]4)c(-c4ccccc4)c(-c4ccc(C5(N)CC(O)C5)cc4)nc3n2n1. The summed E-state index contributed by atoms with van der Waals surface area (Å²) >= 11 is 0. The van der Waals surface area contributed by atoms with E-state index in [-0.39, 0.29) is 6.10 Å². The topological polar surface area (TPSA) is 118 Å². The molecule has 2 aromatic carbocycles. The predicted octanol–water partition coefficient (Wildman–Crippen LogP) is 4.62. The van der Waals surface area contributed by atoms with E-state index in [1.807, 2.05) is 48.0 Å². The summed E-state index contributed by atoms with van der Waals surface area (Å²) in [5.41, 5.74) is 15.1. The Bertz CT molecular complexity index is 1750. The van der Waals surface area contributed by atoms with Crippen LogP contribution in [0.15, 0.2) is 79.1 Å². The smallest absolute Gasteiger partial charge is 0.165 e. The fraction of sp³-hybridized carbons (Fsp3) is 0.172. The Morgan fingerprint density at radius 2 is 1.78 bits per heavy atom. The van der Waals surface area contributed by atoms with Gasteiger partial charge in [0.05, 0.1) is 23.2 Å². The summed E-state index contributed by atoms with van der Waals surface area (Å²) in [7, 11) is 0. The number of aryl methyl sites for hydroxylation is 1. The van der Waals surface area contributed by atoms with Crippen LogP contribution in [0.2, 0.25) is 0 Å². The Morgan fingerprint density at radius 3 is 2.49 bits per heavy atom. The lowest BCUT2D eigenvalue weighted by molar-refractivity contribution is 0.0209. The third-order valence-electron chi connectivity index (χ3n) is 7.32. The molecule has 182 valence electrons. The molecule has 0 spiro atoms. The van der Waals surface area contributed by atoms with E-state index < -0.39 is 5.54 Å². The number of aromatic amines is 1. The monoisotopic (exact) mass is 487 g/mol. The van der Waals surface area contributed by atoms with E-state index in [1.54, 1.807) is 6.20 Å². The van der Waals surface area contributed by atoms with Crippen LogP contribution in [0.3, 0.4) is 0 Å². The molecule has 4 N–H and O–H groups in total. The zero-order chi connectivity index (χ0) is 25.1. The van der Waals surface area contributed by atoms with Crippen molar-refractivity contribution in [1.82, 2.24) is 29.8 Å². The molecule has 0 bridgehead atoms. The second-order valence-corrected chi connectivity index (χ2v) is 9.89. The molecule has 6 aromatic rings. The van der Waals surface area contributed by atoms with Gasteiger partial charge in [0, 0.05) is 46.1 Å². The van der Waals surface area contributed by atoms with Crippen molar-refractivity contribution in [2.45, 2.75) is 31.4 Å². The summed E-state index contributed by atoms with van der Waals surface area (Å²) in [4.78, 5) is 9.92. The minimum absolute atomic E-state index is 0.331. The van der Waals surface area contributed by atoms with Crippen LogP contribution >= 0.6 is 0 Å². The van der Waals surface area contributed by atoms with Crippen molar-refractivity contribution in [1.29, 1.82) is 0 Å². The largest absolute Gasteiger partial charge is 0.393 e. The Kier molecular flexibility index (Phi) is 4.76. The molecule has 8 heteroatoms. The van der Waals surface area contributed by atoms with E-state index in [1.165, 1.54) is 0 Å². The maximum atomic E-state index is 9.84. The van der Waals surface area contributed by atoms with Gasteiger partial charge in [-0.1, -0.05) is 54.6 Å². The second kappa shape index (κ2) is 8.06. The first-order valence-corrected chi connectivity index (χ1v) is 12.3. The van der Waals surface area contributed by atoms with Crippen molar-refractivity contribution in [3.8, 4) is 33.6 Å². The highest BCUT2D eigenvalue weighted by Gasteiger charge is 2.41. The van der Waals surface area contributed by atoms with Gasteiger partial charge in [-0.05, 0) is 37.0 Å². The van der Waals surface area contributed by atoms with Crippen LogP contribution in [0.5, 0.6) is 0 Å². The summed E-state index contributed by atoms with van der Waals surface area (Å²) in [5, 5.41) is 22.8. The lowest BCUT2D eigenvalue weighted by Gasteiger charge is -2.42. The molecular formula is C29H25N7O. The van der Waals surface area contributed by atoms with Crippen molar-refractivity contribution < 1.29 is 5.11 Å². The molecule has 0 unspecified atom stereocenters. The van der Waals surface area contributed by atoms with Crippen molar-refractivity contribution in [3.05, 3.63) is 90.4 Å². The van der Waals surface area contributed by atoms with E-state index in [2.05, 4.69) is 46.6 Å². The maximum absolute atomic E-state index is 9.84. The Labute approximate surface area is 212 Å². The van der Waals surface area contributed by atoms with E-state index in [9.17, 15) is 5.11 Å². The van der Waals surface area contributed by atoms with Gasteiger partial charge in [-0.15, -0.1) is 0 Å². The normalized spacial score (nSPS) is 19.4. The molecule has 8 nitrogen and oxygen atoms in total. The number of hydrogen-bond donors (Lipinski definition) is 3. The number of nitrogens with zero attached hydrogens (tertiary/aromatic N) is 5. The first-order chi connectivity index (χ1) is 18.0. The van der Waals surface area contributed by atoms with Gasteiger partial charge in [-0.3, -0.25) is 5.10 Å². The highest BCUT2D eigenvalue weighted by atomic mass is 16.3. The zero-order valence-electron chi connectivity index (χ0n) is 20.3. The van der Waals surface area contributed by atoms with E-state index in [0.717, 1.165) is 61.6 Å². The zero-order valence-corrected chi connectivity index (χ0v) is 20.3. The molecule has 37 heavy (non-hydrogen) atoms. The van der Waals surface area contributed by atoms with Crippen LogP contribution < -0.4 is 5.73 Å². The summed E-state index contributed by atoms with van der Waals surface area (Å²) in [6.07, 6.45) is 4.44. The average molecular weight is 488 g/mol. The van der Waals surface area contributed by atoms with Crippen LogP contribution in [-0.2, 0) is 5.54 Å². The Morgan fingerprint density at radius 1 is 1.00 bits per heavy atom. The molecule has 0 radical (unpaired) electrons. The number of hydrogen-bond acceptors (Lipinski definition) is 6. The van der Waals surface area contributed by atoms with Gasteiger partial charge in [0.15, 0.2) is 11.3 Å². The molecule has 4 heterocycles. The van der Waals surface area contributed by atoms with Crippen molar-refractivity contribution >= 4 is 16.7 Å². The minimum atomic E-state index is -0.484. The van der Waals surface area contributed by atoms with Crippen LogP contribution in [0.4, 0.5) is 0 Å². The number of H-pyrrole nitrogens is 1. The molecule has 0 atom stereocenters. The summed E-state index contributed by atoms with van der Waals surface area (Å²) in [6.45, 7) is 1.95. The fourth-order valence-electron chi connectivity index (χ4n) is 5.48. The number of benzene rings is 2. The third kappa shape index (κ3) is 3.45. The molecule has 4 aromatic heterocycles. The Hall–Kier alpha value is -4.40. The maximum Gasteiger partial charge on any atom is 0.165 e. The molecule has 0 amide bonds. The molecule has 1 saturated carbocycles. The highest BCUT2D eigenvalue weighted by molar-refractivity contribution is 6.05.